The molecule has 0 saturated carbocycles. The van der Waals surface area contributed by atoms with Crippen molar-refractivity contribution in [2.45, 2.75) is 45.7 Å². The molecule has 6 heteroatoms. The van der Waals surface area contributed by atoms with Gasteiger partial charge in [0.15, 0.2) is 5.76 Å². The molecule has 0 aliphatic carbocycles. The van der Waals surface area contributed by atoms with Crippen molar-refractivity contribution in [3.05, 3.63) is 23.7 Å². The highest BCUT2D eigenvalue weighted by Gasteiger charge is 2.24. The van der Waals surface area contributed by atoms with Crippen molar-refractivity contribution in [1.82, 2.24) is 15.5 Å². The number of amides is 2. The third kappa shape index (κ3) is 4.34. The number of carbonyl (C=O) groups is 2. The number of hydrogen-bond donors (Lipinski definition) is 2. The maximum Gasteiger partial charge on any atom is 0.287 e. The molecule has 0 radical (unpaired) electrons. The van der Waals surface area contributed by atoms with Crippen LogP contribution in [0.2, 0.25) is 0 Å². The molecule has 6 nitrogen and oxygen atoms in total. The van der Waals surface area contributed by atoms with Crippen molar-refractivity contribution in [3.63, 3.8) is 0 Å². The Morgan fingerprint density at radius 1 is 1.36 bits per heavy atom. The second-order valence-corrected chi connectivity index (χ2v) is 5.54. The molecule has 0 aromatic carbocycles. The van der Waals surface area contributed by atoms with Gasteiger partial charge in [0, 0.05) is 6.54 Å². The van der Waals surface area contributed by atoms with Gasteiger partial charge in [-0.05, 0) is 44.5 Å². The molecule has 0 spiro atoms. The first kappa shape index (κ1) is 16.5. The first-order valence-corrected chi connectivity index (χ1v) is 8.03. The summed E-state index contributed by atoms with van der Waals surface area (Å²) in [6.45, 7) is 7.40. The lowest BCUT2D eigenvalue weighted by Crippen LogP contribution is -2.45. The van der Waals surface area contributed by atoms with Crippen molar-refractivity contribution in [1.29, 1.82) is 0 Å². The minimum absolute atomic E-state index is 0.110. The number of nitrogens with one attached hydrogen (secondary N) is 2. The van der Waals surface area contributed by atoms with Crippen LogP contribution in [0.1, 0.15) is 49.4 Å². The van der Waals surface area contributed by atoms with Gasteiger partial charge in [-0.25, -0.2) is 0 Å². The normalized spacial score (nSPS) is 18.9. The van der Waals surface area contributed by atoms with E-state index in [9.17, 15) is 9.59 Å². The maximum absolute atomic E-state index is 12.2. The van der Waals surface area contributed by atoms with Crippen molar-refractivity contribution in [3.8, 4) is 0 Å². The largest absolute Gasteiger partial charge is 0.455 e. The standard InChI is InChI=1S/C16H25N3O3/c1-3-19(4-2)11-12-8-9-14(22-12)16(21)18-13-7-5-6-10-17-15(13)20/h8-9,13H,3-7,10-11H2,1-2H3,(H,17,20)(H,18,21)/t13-/m1/s1. The lowest BCUT2D eigenvalue weighted by atomic mass is 10.1. The Balaban J connectivity index is 1.95. The molecule has 1 aliphatic rings. The average Bonchev–Trinajstić information content (AvgIpc) is 2.90. The lowest BCUT2D eigenvalue weighted by Gasteiger charge is -2.16. The van der Waals surface area contributed by atoms with Crippen LogP contribution in [0.25, 0.3) is 0 Å². The summed E-state index contributed by atoms with van der Waals surface area (Å²) < 4.78 is 5.60. The molecule has 2 amide bonds. The predicted octanol–water partition coefficient (Wildman–Crippen LogP) is 1.52. The second kappa shape index (κ2) is 7.98. The first-order valence-electron chi connectivity index (χ1n) is 8.03. The minimum atomic E-state index is -0.466. The van der Waals surface area contributed by atoms with E-state index >= 15 is 0 Å². The fraction of sp³-hybridized carbons (Fsp3) is 0.625. The Morgan fingerprint density at radius 2 is 2.14 bits per heavy atom. The van der Waals surface area contributed by atoms with E-state index < -0.39 is 6.04 Å². The fourth-order valence-electron chi connectivity index (χ4n) is 2.56. The summed E-state index contributed by atoms with van der Waals surface area (Å²) in [5, 5.41) is 5.57. The third-order valence-corrected chi connectivity index (χ3v) is 4.00. The zero-order valence-electron chi connectivity index (χ0n) is 13.4. The highest BCUT2D eigenvalue weighted by Crippen LogP contribution is 2.12. The maximum atomic E-state index is 12.2. The van der Waals surface area contributed by atoms with Crippen molar-refractivity contribution < 1.29 is 14.0 Å². The summed E-state index contributed by atoms with van der Waals surface area (Å²) >= 11 is 0. The van der Waals surface area contributed by atoms with Crippen molar-refractivity contribution in [2.24, 2.45) is 0 Å². The Labute approximate surface area is 131 Å². The Bertz CT molecular complexity index is 508. The molecule has 2 N–H and O–H groups in total. The smallest absolute Gasteiger partial charge is 0.287 e. The summed E-state index contributed by atoms with van der Waals surface area (Å²) in [6, 6.07) is 3.02. The van der Waals surface area contributed by atoms with E-state index in [4.69, 9.17) is 4.42 Å². The van der Waals surface area contributed by atoms with Gasteiger partial charge in [-0.3, -0.25) is 14.5 Å². The molecule has 22 heavy (non-hydrogen) atoms. The van der Waals surface area contributed by atoms with E-state index in [1.165, 1.54) is 0 Å². The van der Waals surface area contributed by atoms with E-state index in [0.29, 0.717) is 19.5 Å². The molecule has 2 heterocycles. The average molecular weight is 307 g/mol. The number of nitrogens with zero attached hydrogens (tertiary/aromatic N) is 1. The van der Waals surface area contributed by atoms with Gasteiger partial charge >= 0.3 is 0 Å². The van der Waals surface area contributed by atoms with E-state index in [1.807, 2.05) is 6.07 Å². The van der Waals surface area contributed by atoms with E-state index in [-0.39, 0.29) is 17.6 Å². The zero-order chi connectivity index (χ0) is 15.9. The van der Waals surface area contributed by atoms with Crippen LogP contribution in [0.4, 0.5) is 0 Å². The van der Waals surface area contributed by atoms with Crippen LogP contribution in [-0.4, -0.2) is 42.4 Å². The molecular weight excluding hydrogens is 282 g/mol. The Kier molecular flexibility index (Phi) is 6.00. The van der Waals surface area contributed by atoms with Gasteiger partial charge in [0.05, 0.1) is 6.54 Å². The van der Waals surface area contributed by atoms with Crippen LogP contribution in [-0.2, 0) is 11.3 Å². The van der Waals surface area contributed by atoms with Crippen LogP contribution in [0.15, 0.2) is 16.5 Å². The molecule has 1 aliphatic heterocycles. The van der Waals surface area contributed by atoms with Crippen LogP contribution in [0.3, 0.4) is 0 Å². The van der Waals surface area contributed by atoms with Gasteiger partial charge < -0.3 is 15.1 Å². The summed E-state index contributed by atoms with van der Waals surface area (Å²) in [4.78, 5) is 26.3. The second-order valence-electron chi connectivity index (χ2n) is 5.54. The minimum Gasteiger partial charge on any atom is -0.455 e. The van der Waals surface area contributed by atoms with Gasteiger partial charge in [-0.1, -0.05) is 13.8 Å². The molecule has 1 aromatic heterocycles. The number of hydrogen-bond acceptors (Lipinski definition) is 4. The molecule has 1 saturated heterocycles. The van der Waals surface area contributed by atoms with Gasteiger partial charge in [0.1, 0.15) is 11.8 Å². The SMILES string of the molecule is CCN(CC)Cc1ccc(C(=O)N[C@@H]2CCCCNC2=O)o1. The molecular formula is C16H25N3O3. The molecule has 122 valence electrons. The van der Waals surface area contributed by atoms with Gasteiger partial charge in [-0.2, -0.15) is 0 Å². The van der Waals surface area contributed by atoms with Crippen LogP contribution in [0, 0.1) is 0 Å². The molecule has 2 rings (SSSR count). The summed E-state index contributed by atoms with van der Waals surface area (Å²) in [5.74, 6) is 0.590. The highest BCUT2D eigenvalue weighted by molar-refractivity contribution is 5.95. The monoisotopic (exact) mass is 307 g/mol. The highest BCUT2D eigenvalue weighted by atomic mass is 16.4. The predicted molar refractivity (Wildman–Crippen MR) is 83.4 cm³/mol. The zero-order valence-corrected chi connectivity index (χ0v) is 13.4. The fourth-order valence-corrected chi connectivity index (χ4v) is 2.56. The van der Waals surface area contributed by atoms with Gasteiger partial charge in [0.25, 0.3) is 5.91 Å². The summed E-state index contributed by atoms with van der Waals surface area (Å²) in [6.07, 6.45) is 2.55. The molecule has 1 atom stereocenters. The van der Waals surface area contributed by atoms with Crippen LogP contribution in [0.5, 0.6) is 0 Å². The number of rotatable bonds is 6. The summed E-state index contributed by atoms with van der Waals surface area (Å²) in [7, 11) is 0. The molecule has 1 fully saturated rings. The van der Waals surface area contributed by atoms with Gasteiger partial charge in [-0.15, -0.1) is 0 Å². The van der Waals surface area contributed by atoms with Gasteiger partial charge in [0.2, 0.25) is 5.91 Å². The van der Waals surface area contributed by atoms with Crippen molar-refractivity contribution in [2.75, 3.05) is 19.6 Å². The van der Waals surface area contributed by atoms with E-state index in [0.717, 1.165) is 31.7 Å². The topological polar surface area (TPSA) is 74.6 Å². The van der Waals surface area contributed by atoms with Crippen molar-refractivity contribution >= 4 is 11.8 Å². The lowest BCUT2D eigenvalue weighted by molar-refractivity contribution is -0.122. The van der Waals surface area contributed by atoms with E-state index in [1.54, 1.807) is 6.07 Å². The molecule has 0 unspecified atom stereocenters. The molecule has 1 aromatic rings. The quantitative estimate of drug-likeness (QED) is 0.835. The van der Waals surface area contributed by atoms with Crippen LogP contribution < -0.4 is 10.6 Å². The number of carbonyl (C=O) groups excluding carboxylic acids is 2. The van der Waals surface area contributed by atoms with E-state index in [2.05, 4.69) is 29.4 Å². The Hall–Kier alpha value is -1.82. The number of furan rings is 1. The first-order chi connectivity index (χ1) is 10.6. The molecule has 0 bridgehead atoms. The summed E-state index contributed by atoms with van der Waals surface area (Å²) in [5.41, 5.74) is 0. The Morgan fingerprint density at radius 3 is 2.86 bits per heavy atom. The van der Waals surface area contributed by atoms with Crippen LogP contribution >= 0.6 is 0 Å². The third-order valence-electron chi connectivity index (χ3n) is 4.00.